The smallest absolute Gasteiger partial charge is 0.310 e. The molecular formula is C18H22N2O5. The van der Waals surface area contributed by atoms with Crippen LogP contribution >= 0.6 is 0 Å². The molecule has 0 aliphatic heterocycles. The molecule has 0 saturated carbocycles. The molecule has 0 aliphatic rings. The summed E-state index contributed by atoms with van der Waals surface area (Å²) in [4.78, 5) is 25.8. The summed E-state index contributed by atoms with van der Waals surface area (Å²) in [5, 5.41) is 10.8. The van der Waals surface area contributed by atoms with Crippen LogP contribution < -0.4 is 4.73 Å². The Morgan fingerprint density at radius 3 is 2.16 bits per heavy atom. The van der Waals surface area contributed by atoms with Gasteiger partial charge in [-0.3, -0.25) is 14.6 Å². The lowest BCUT2D eigenvalue weighted by Crippen LogP contribution is -2.25. The molecule has 0 atom stereocenters. The lowest BCUT2D eigenvalue weighted by atomic mass is 10.2. The average Bonchev–Trinajstić information content (AvgIpc) is 2.57. The monoisotopic (exact) mass is 346 g/mol. The van der Waals surface area contributed by atoms with E-state index in [1.165, 1.54) is 12.4 Å². The second-order valence-corrected chi connectivity index (χ2v) is 4.90. The predicted octanol–water partition coefficient (Wildman–Crippen LogP) is 1.61. The van der Waals surface area contributed by atoms with Crippen molar-refractivity contribution >= 4 is 11.9 Å². The van der Waals surface area contributed by atoms with E-state index in [-0.39, 0.29) is 18.4 Å². The van der Waals surface area contributed by atoms with Crippen molar-refractivity contribution in [1.29, 1.82) is 0 Å². The van der Waals surface area contributed by atoms with Gasteiger partial charge in [0.25, 0.3) is 0 Å². The molecule has 2 heterocycles. The zero-order valence-corrected chi connectivity index (χ0v) is 14.4. The Kier molecular flexibility index (Phi) is 9.28. The maximum absolute atomic E-state index is 11.0. The molecule has 7 heteroatoms. The lowest BCUT2D eigenvalue weighted by Gasteiger charge is -2.01. The van der Waals surface area contributed by atoms with Gasteiger partial charge in [0.2, 0.25) is 0 Å². The number of esters is 2. The molecule has 0 spiro atoms. The van der Waals surface area contributed by atoms with Crippen molar-refractivity contribution < 1.29 is 23.8 Å². The van der Waals surface area contributed by atoms with E-state index in [4.69, 9.17) is 9.47 Å². The second-order valence-electron chi connectivity index (χ2n) is 4.90. The summed E-state index contributed by atoms with van der Waals surface area (Å²) in [6.07, 6.45) is 6.52. The molecule has 0 amide bonds. The SMILES string of the molecule is CCOC(=O)Cc1ccc[n+]([O-])c1.CCOC(=O)Cc1cccnc1. The van der Waals surface area contributed by atoms with Crippen molar-refractivity contribution in [2.75, 3.05) is 13.2 Å². The van der Waals surface area contributed by atoms with Crippen LogP contribution in [0.3, 0.4) is 0 Å². The van der Waals surface area contributed by atoms with Crippen molar-refractivity contribution in [3.05, 3.63) is 65.4 Å². The van der Waals surface area contributed by atoms with Crippen molar-refractivity contribution in [3.8, 4) is 0 Å². The molecule has 7 nitrogen and oxygen atoms in total. The number of hydrogen-bond acceptors (Lipinski definition) is 6. The van der Waals surface area contributed by atoms with E-state index in [1.807, 2.05) is 6.07 Å². The second kappa shape index (κ2) is 11.6. The van der Waals surface area contributed by atoms with Crippen LogP contribution in [0.15, 0.2) is 49.1 Å². The van der Waals surface area contributed by atoms with Gasteiger partial charge in [-0.25, -0.2) is 0 Å². The first kappa shape index (κ1) is 20.1. The van der Waals surface area contributed by atoms with Gasteiger partial charge in [0.1, 0.15) is 0 Å². The van der Waals surface area contributed by atoms with Gasteiger partial charge in [0.15, 0.2) is 12.4 Å². The number of pyridine rings is 2. The molecule has 0 saturated heterocycles. The fourth-order valence-corrected chi connectivity index (χ4v) is 1.87. The van der Waals surface area contributed by atoms with Crippen molar-refractivity contribution in [3.63, 3.8) is 0 Å². The molecule has 0 unspecified atom stereocenters. The van der Waals surface area contributed by atoms with E-state index in [0.717, 1.165) is 5.56 Å². The van der Waals surface area contributed by atoms with Crippen molar-refractivity contribution in [2.45, 2.75) is 26.7 Å². The van der Waals surface area contributed by atoms with E-state index < -0.39 is 0 Å². The van der Waals surface area contributed by atoms with Gasteiger partial charge in [-0.2, -0.15) is 4.73 Å². The third kappa shape index (κ3) is 9.04. The highest BCUT2D eigenvalue weighted by molar-refractivity contribution is 5.72. The van der Waals surface area contributed by atoms with Crippen molar-refractivity contribution in [1.82, 2.24) is 4.98 Å². The van der Waals surface area contributed by atoms with Crippen LogP contribution in [0.1, 0.15) is 25.0 Å². The molecule has 0 N–H and O–H groups in total. The van der Waals surface area contributed by atoms with Gasteiger partial charge in [-0.05, 0) is 31.5 Å². The fourth-order valence-electron chi connectivity index (χ4n) is 1.87. The Bertz CT molecular complexity index is 662. The van der Waals surface area contributed by atoms with Crippen LogP contribution in [0.25, 0.3) is 0 Å². The van der Waals surface area contributed by atoms with Gasteiger partial charge in [0, 0.05) is 24.0 Å². The Morgan fingerprint density at radius 1 is 1.04 bits per heavy atom. The molecule has 0 aromatic carbocycles. The molecule has 2 rings (SSSR count). The molecule has 0 bridgehead atoms. The summed E-state index contributed by atoms with van der Waals surface area (Å²) in [6, 6.07) is 6.96. The Labute approximate surface area is 146 Å². The van der Waals surface area contributed by atoms with E-state index in [9.17, 15) is 14.8 Å². The van der Waals surface area contributed by atoms with Gasteiger partial charge < -0.3 is 14.7 Å². The normalized spacial score (nSPS) is 9.52. The fraction of sp³-hybridized carbons (Fsp3) is 0.333. The third-order valence-electron chi connectivity index (χ3n) is 2.87. The summed E-state index contributed by atoms with van der Waals surface area (Å²) in [7, 11) is 0. The standard InChI is InChI=1S/C9H11NO3.C9H11NO2/c1-2-13-9(11)6-8-4-3-5-10(12)7-8;1-2-12-9(11)6-8-4-3-5-10-7-8/h3-5,7H,2,6H2,1H3;3-5,7H,2,6H2,1H3. The first-order valence-corrected chi connectivity index (χ1v) is 7.93. The lowest BCUT2D eigenvalue weighted by molar-refractivity contribution is -0.605. The summed E-state index contributed by atoms with van der Waals surface area (Å²) in [5.41, 5.74) is 1.55. The van der Waals surface area contributed by atoms with Gasteiger partial charge >= 0.3 is 11.9 Å². The number of nitrogens with zero attached hydrogens (tertiary/aromatic N) is 2. The number of carbonyl (C=O) groups is 2. The molecule has 2 aromatic heterocycles. The molecule has 0 radical (unpaired) electrons. The number of aromatic nitrogens is 2. The van der Waals surface area contributed by atoms with Crippen LogP contribution in [0, 0.1) is 5.21 Å². The number of carbonyl (C=O) groups excluding carboxylic acids is 2. The maximum Gasteiger partial charge on any atom is 0.310 e. The van der Waals surface area contributed by atoms with Crippen molar-refractivity contribution in [2.24, 2.45) is 0 Å². The zero-order valence-electron chi connectivity index (χ0n) is 14.4. The van der Waals surface area contributed by atoms with Crippen LogP contribution in [0.5, 0.6) is 0 Å². The average molecular weight is 346 g/mol. The Balaban J connectivity index is 0.000000251. The van der Waals surface area contributed by atoms with Gasteiger partial charge in [-0.15, -0.1) is 0 Å². The molecule has 0 aliphatic carbocycles. The van der Waals surface area contributed by atoms with Crippen LogP contribution in [0.4, 0.5) is 0 Å². The highest BCUT2D eigenvalue weighted by Crippen LogP contribution is 1.98. The number of rotatable bonds is 6. The molecular weight excluding hydrogens is 324 g/mol. The number of ether oxygens (including phenoxy) is 2. The van der Waals surface area contributed by atoms with Crippen LogP contribution in [-0.2, 0) is 31.9 Å². The van der Waals surface area contributed by atoms with Gasteiger partial charge in [-0.1, -0.05) is 6.07 Å². The highest BCUT2D eigenvalue weighted by Gasteiger charge is 2.05. The van der Waals surface area contributed by atoms with Crippen LogP contribution in [-0.4, -0.2) is 30.1 Å². The molecule has 0 fully saturated rings. The first-order chi connectivity index (χ1) is 12.0. The minimum atomic E-state index is -0.311. The third-order valence-corrected chi connectivity index (χ3v) is 2.87. The van der Waals surface area contributed by atoms with E-state index in [1.54, 1.807) is 44.4 Å². The summed E-state index contributed by atoms with van der Waals surface area (Å²) >= 11 is 0. The van der Waals surface area contributed by atoms with Gasteiger partial charge in [0.05, 0.1) is 26.1 Å². The summed E-state index contributed by atoms with van der Waals surface area (Å²) < 4.78 is 10.2. The highest BCUT2D eigenvalue weighted by atomic mass is 16.5. The Hall–Kier alpha value is -2.96. The largest absolute Gasteiger partial charge is 0.619 e. The number of hydrogen-bond donors (Lipinski definition) is 0. The minimum Gasteiger partial charge on any atom is -0.619 e. The predicted molar refractivity (Wildman–Crippen MR) is 90.3 cm³/mol. The van der Waals surface area contributed by atoms with E-state index in [0.29, 0.717) is 29.9 Å². The summed E-state index contributed by atoms with van der Waals surface area (Å²) in [5.74, 6) is -0.515. The topological polar surface area (TPSA) is 92.4 Å². The molecule has 2 aromatic rings. The first-order valence-electron chi connectivity index (χ1n) is 7.93. The van der Waals surface area contributed by atoms with E-state index >= 15 is 0 Å². The molecule has 25 heavy (non-hydrogen) atoms. The zero-order chi connectivity index (χ0) is 18.5. The van der Waals surface area contributed by atoms with E-state index in [2.05, 4.69) is 4.98 Å². The Morgan fingerprint density at radius 2 is 1.64 bits per heavy atom. The quantitative estimate of drug-likeness (QED) is 0.448. The summed E-state index contributed by atoms with van der Waals surface area (Å²) in [6.45, 7) is 4.33. The maximum atomic E-state index is 11.0. The minimum absolute atomic E-state index is 0.150. The molecule has 134 valence electrons. The van der Waals surface area contributed by atoms with Crippen LogP contribution in [0.2, 0.25) is 0 Å².